The Labute approximate surface area is 149 Å². The van der Waals surface area contributed by atoms with Gasteiger partial charge in [-0.15, -0.1) is 0 Å². The van der Waals surface area contributed by atoms with E-state index in [0.29, 0.717) is 5.69 Å². The van der Waals surface area contributed by atoms with Gasteiger partial charge in [-0.3, -0.25) is 4.79 Å². The van der Waals surface area contributed by atoms with Crippen molar-refractivity contribution in [3.8, 4) is 11.3 Å². The van der Waals surface area contributed by atoms with Crippen LogP contribution in [0.2, 0.25) is 5.15 Å². The number of anilines is 1. The number of nitrogens with zero attached hydrogens (tertiary/aromatic N) is 3. The van der Waals surface area contributed by atoms with Gasteiger partial charge in [0.05, 0.1) is 23.3 Å². The Bertz CT molecular complexity index is 851. The van der Waals surface area contributed by atoms with Crippen LogP contribution in [-0.2, 0) is 11.8 Å². The summed E-state index contributed by atoms with van der Waals surface area (Å²) in [5, 5.41) is 3.80. The van der Waals surface area contributed by atoms with Crippen molar-refractivity contribution >= 4 is 35.0 Å². The summed E-state index contributed by atoms with van der Waals surface area (Å²) in [4.78, 5) is 20.4. The average Bonchev–Trinajstić information content (AvgIpc) is 2.97. The first-order valence-electron chi connectivity index (χ1n) is 7.25. The van der Waals surface area contributed by atoms with E-state index in [9.17, 15) is 4.79 Å². The minimum absolute atomic E-state index is 0.154. The quantitative estimate of drug-likeness (QED) is 0.555. The maximum Gasteiger partial charge on any atom is 0.234 e. The molecule has 3 aromatic rings. The highest BCUT2D eigenvalue weighted by atomic mass is 35.5. The average molecular weight is 359 g/mol. The molecular weight excluding hydrogens is 344 g/mol. The highest BCUT2D eigenvalue weighted by molar-refractivity contribution is 7.99. The fraction of sp³-hybridized carbons (Fsp3) is 0.118. The number of hydrogen-bond acceptors (Lipinski definition) is 4. The fourth-order valence-electron chi connectivity index (χ4n) is 2.20. The second kappa shape index (κ2) is 7.51. The van der Waals surface area contributed by atoms with E-state index in [1.807, 2.05) is 48.1 Å². The van der Waals surface area contributed by atoms with Gasteiger partial charge in [0, 0.05) is 13.2 Å². The number of aromatic nitrogens is 3. The third kappa shape index (κ3) is 3.77. The molecule has 0 saturated heterocycles. The molecule has 24 heavy (non-hydrogen) atoms. The number of thioether (sulfide) groups is 1. The molecule has 2 aromatic heterocycles. The molecule has 5 nitrogen and oxygen atoms in total. The highest BCUT2D eigenvalue weighted by Crippen LogP contribution is 2.25. The van der Waals surface area contributed by atoms with Crippen molar-refractivity contribution < 1.29 is 4.79 Å². The lowest BCUT2D eigenvalue weighted by Gasteiger charge is -2.07. The smallest absolute Gasteiger partial charge is 0.234 e. The van der Waals surface area contributed by atoms with Crippen molar-refractivity contribution in [2.45, 2.75) is 5.16 Å². The number of amides is 1. The van der Waals surface area contributed by atoms with Gasteiger partial charge in [-0.05, 0) is 17.7 Å². The van der Waals surface area contributed by atoms with Crippen LogP contribution in [0.25, 0.3) is 11.3 Å². The van der Waals surface area contributed by atoms with Gasteiger partial charge in [-0.1, -0.05) is 53.7 Å². The van der Waals surface area contributed by atoms with Crippen molar-refractivity contribution in [3.05, 3.63) is 60.0 Å². The molecular formula is C17H15ClN4OS. The summed E-state index contributed by atoms with van der Waals surface area (Å²) in [6, 6.07) is 13.4. The molecule has 0 saturated carbocycles. The van der Waals surface area contributed by atoms with E-state index in [1.165, 1.54) is 11.8 Å². The molecule has 0 fully saturated rings. The molecule has 1 N–H and O–H groups in total. The molecule has 0 spiro atoms. The summed E-state index contributed by atoms with van der Waals surface area (Å²) in [6.45, 7) is 0. The Kier molecular flexibility index (Phi) is 5.17. The first-order valence-corrected chi connectivity index (χ1v) is 8.62. The van der Waals surface area contributed by atoms with E-state index in [4.69, 9.17) is 11.6 Å². The lowest BCUT2D eigenvalue weighted by molar-refractivity contribution is -0.113. The van der Waals surface area contributed by atoms with Crippen LogP contribution >= 0.6 is 23.4 Å². The summed E-state index contributed by atoms with van der Waals surface area (Å²) in [7, 11) is 1.94. The van der Waals surface area contributed by atoms with Gasteiger partial charge in [0.15, 0.2) is 10.3 Å². The molecule has 0 atom stereocenters. The predicted octanol–water partition coefficient (Wildman–Crippen LogP) is 3.87. The van der Waals surface area contributed by atoms with Gasteiger partial charge in [-0.25, -0.2) is 9.97 Å². The molecule has 3 rings (SSSR count). The SMILES string of the molecule is Cn1c(-c2ccccc2)cnc1SCC(=O)Nc1cccnc1Cl. The zero-order valence-corrected chi connectivity index (χ0v) is 14.5. The van der Waals surface area contributed by atoms with Crippen molar-refractivity contribution in [1.82, 2.24) is 14.5 Å². The topological polar surface area (TPSA) is 59.8 Å². The Hall–Kier alpha value is -2.31. The van der Waals surface area contributed by atoms with Crippen LogP contribution in [0.1, 0.15) is 0 Å². The summed E-state index contributed by atoms with van der Waals surface area (Å²) < 4.78 is 1.98. The molecule has 2 heterocycles. The number of benzene rings is 1. The minimum Gasteiger partial charge on any atom is -0.323 e. The van der Waals surface area contributed by atoms with Crippen molar-refractivity contribution in [3.63, 3.8) is 0 Å². The van der Waals surface area contributed by atoms with Gasteiger partial charge < -0.3 is 9.88 Å². The molecule has 7 heteroatoms. The zero-order chi connectivity index (χ0) is 16.9. The number of nitrogens with one attached hydrogen (secondary N) is 1. The van der Waals surface area contributed by atoms with E-state index in [0.717, 1.165) is 16.4 Å². The molecule has 0 aliphatic carbocycles. The summed E-state index contributed by atoms with van der Waals surface area (Å²) in [5.74, 6) is 0.0868. The summed E-state index contributed by atoms with van der Waals surface area (Å²) >= 11 is 7.30. The zero-order valence-electron chi connectivity index (χ0n) is 12.9. The molecule has 0 bridgehead atoms. The van der Waals surface area contributed by atoms with Crippen LogP contribution in [0.4, 0.5) is 5.69 Å². The standard InChI is InChI=1S/C17H15ClN4OS/c1-22-14(12-6-3-2-4-7-12)10-20-17(22)24-11-15(23)21-13-8-5-9-19-16(13)18/h2-10H,11H2,1H3,(H,21,23). The number of halogens is 1. The molecule has 122 valence electrons. The van der Waals surface area contributed by atoms with Crippen LogP contribution < -0.4 is 5.32 Å². The third-order valence-corrected chi connectivity index (χ3v) is 4.73. The number of carbonyl (C=O) groups is 1. The van der Waals surface area contributed by atoms with Crippen LogP contribution in [0, 0.1) is 0 Å². The summed E-state index contributed by atoms with van der Waals surface area (Å²) in [6.07, 6.45) is 3.39. The second-order valence-electron chi connectivity index (χ2n) is 5.03. The molecule has 0 radical (unpaired) electrons. The first-order chi connectivity index (χ1) is 11.6. The van der Waals surface area contributed by atoms with Crippen LogP contribution in [0.15, 0.2) is 60.0 Å². The lowest BCUT2D eigenvalue weighted by atomic mass is 10.2. The van der Waals surface area contributed by atoms with E-state index in [2.05, 4.69) is 15.3 Å². The van der Waals surface area contributed by atoms with Crippen LogP contribution in [0.3, 0.4) is 0 Å². The molecule has 0 aliphatic rings. The number of carbonyl (C=O) groups excluding carboxylic acids is 1. The Morgan fingerprint density at radius 3 is 2.75 bits per heavy atom. The maximum absolute atomic E-state index is 12.1. The van der Waals surface area contributed by atoms with Gasteiger partial charge in [0.25, 0.3) is 0 Å². The Balaban J connectivity index is 1.64. The first kappa shape index (κ1) is 16.5. The normalized spacial score (nSPS) is 10.6. The Morgan fingerprint density at radius 1 is 1.21 bits per heavy atom. The molecule has 0 unspecified atom stereocenters. The summed E-state index contributed by atoms with van der Waals surface area (Å²) in [5.41, 5.74) is 2.61. The second-order valence-corrected chi connectivity index (χ2v) is 6.33. The number of imidazole rings is 1. The van der Waals surface area contributed by atoms with Crippen molar-refractivity contribution in [2.75, 3.05) is 11.1 Å². The van der Waals surface area contributed by atoms with E-state index in [-0.39, 0.29) is 16.8 Å². The van der Waals surface area contributed by atoms with Gasteiger partial charge >= 0.3 is 0 Å². The van der Waals surface area contributed by atoms with Crippen LogP contribution in [-0.4, -0.2) is 26.2 Å². The predicted molar refractivity (Wildman–Crippen MR) is 97.2 cm³/mol. The number of pyridine rings is 1. The van der Waals surface area contributed by atoms with E-state index >= 15 is 0 Å². The molecule has 1 amide bonds. The monoisotopic (exact) mass is 358 g/mol. The maximum atomic E-state index is 12.1. The third-order valence-electron chi connectivity index (χ3n) is 3.38. The lowest BCUT2D eigenvalue weighted by Crippen LogP contribution is -2.15. The Morgan fingerprint density at radius 2 is 2.00 bits per heavy atom. The minimum atomic E-state index is -0.154. The van der Waals surface area contributed by atoms with Gasteiger partial charge in [0.1, 0.15) is 0 Å². The molecule has 0 aliphatic heterocycles. The largest absolute Gasteiger partial charge is 0.323 e. The number of hydrogen-bond donors (Lipinski definition) is 1. The van der Waals surface area contributed by atoms with Crippen molar-refractivity contribution in [1.29, 1.82) is 0 Å². The highest BCUT2D eigenvalue weighted by Gasteiger charge is 2.12. The number of rotatable bonds is 5. The van der Waals surface area contributed by atoms with Gasteiger partial charge in [-0.2, -0.15) is 0 Å². The van der Waals surface area contributed by atoms with E-state index < -0.39 is 0 Å². The van der Waals surface area contributed by atoms with E-state index in [1.54, 1.807) is 18.3 Å². The van der Waals surface area contributed by atoms with Crippen LogP contribution in [0.5, 0.6) is 0 Å². The molecule has 1 aromatic carbocycles. The van der Waals surface area contributed by atoms with Gasteiger partial charge in [0.2, 0.25) is 5.91 Å². The fourth-order valence-corrected chi connectivity index (χ4v) is 3.12. The van der Waals surface area contributed by atoms with Crippen molar-refractivity contribution in [2.24, 2.45) is 7.05 Å².